The summed E-state index contributed by atoms with van der Waals surface area (Å²) >= 11 is 0. The van der Waals surface area contributed by atoms with Gasteiger partial charge in [-0.05, 0) is 56.2 Å². The van der Waals surface area contributed by atoms with Gasteiger partial charge in [-0.3, -0.25) is 0 Å². The van der Waals surface area contributed by atoms with Crippen LogP contribution in [0.5, 0.6) is 0 Å². The number of hydrogen-bond acceptors (Lipinski definition) is 2. The van der Waals surface area contributed by atoms with E-state index >= 15 is 0 Å². The molecule has 144 valence electrons. The molecule has 0 bridgehead atoms. The van der Waals surface area contributed by atoms with Crippen molar-refractivity contribution >= 4 is 11.0 Å². The number of halogens is 3. The second-order valence-corrected chi connectivity index (χ2v) is 8.89. The molecule has 1 fully saturated rings. The number of H-pyrrole nitrogens is 1. The molecule has 0 aliphatic heterocycles. The number of imidazole rings is 1. The smallest absolute Gasteiger partial charge is 0.342 e. The summed E-state index contributed by atoms with van der Waals surface area (Å²) in [5.74, 6) is 0.769. The molecule has 0 atom stereocenters. The zero-order chi connectivity index (χ0) is 19.3. The fraction of sp³-hybridized carbons (Fsp3) is 0.650. The molecule has 0 spiro atoms. The van der Waals surface area contributed by atoms with Crippen LogP contribution in [0.2, 0.25) is 0 Å². The third kappa shape index (κ3) is 3.90. The Bertz CT molecular complexity index is 798. The van der Waals surface area contributed by atoms with Crippen molar-refractivity contribution in [2.45, 2.75) is 78.1 Å². The minimum Gasteiger partial charge on any atom is -0.342 e. The number of rotatable bonds is 5. The second kappa shape index (κ2) is 6.25. The number of aromatic nitrogens is 2. The first kappa shape index (κ1) is 19.2. The number of nitrogens with one attached hydrogen (secondary N) is 2. The van der Waals surface area contributed by atoms with E-state index in [0.717, 1.165) is 37.6 Å². The van der Waals surface area contributed by atoms with Crippen molar-refractivity contribution in [3.63, 3.8) is 0 Å². The number of alkyl halides is 3. The fourth-order valence-corrected chi connectivity index (χ4v) is 4.87. The molecule has 3 nitrogen and oxygen atoms in total. The molecule has 2 aromatic rings. The van der Waals surface area contributed by atoms with Crippen molar-refractivity contribution in [2.75, 3.05) is 0 Å². The first-order valence-corrected chi connectivity index (χ1v) is 9.23. The largest absolute Gasteiger partial charge is 0.416 e. The predicted molar refractivity (Wildman–Crippen MR) is 98.2 cm³/mol. The van der Waals surface area contributed by atoms with Crippen LogP contribution in [0, 0.1) is 12.3 Å². The van der Waals surface area contributed by atoms with Gasteiger partial charge in [-0.1, -0.05) is 20.8 Å². The molecule has 1 heterocycles. The Labute approximate surface area is 152 Å². The molecule has 1 aliphatic rings. The summed E-state index contributed by atoms with van der Waals surface area (Å²) in [5.41, 5.74) is 1.13. The molecule has 0 amide bonds. The quantitative estimate of drug-likeness (QED) is 0.745. The van der Waals surface area contributed by atoms with Crippen LogP contribution < -0.4 is 5.32 Å². The first-order chi connectivity index (χ1) is 11.9. The third-order valence-electron chi connectivity index (χ3n) is 5.42. The maximum atomic E-state index is 13.1. The average Bonchev–Trinajstić information content (AvgIpc) is 2.82. The lowest BCUT2D eigenvalue weighted by Crippen LogP contribution is -2.59. The number of benzene rings is 1. The molecule has 0 saturated heterocycles. The lowest BCUT2D eigenvalue weighted by molar-refractivity contribution is -0.137. The fourth-order valence-electron chi connectivity index (χ4n) is 4.87. The van der Waals surface area contributed by atoms with Gasteiger partial charge in [-0.15, -0.1) is 0 Å². The van der Waals surface area contributed by atoms with Gasteiger partial charge < -0.3 is 10.3 Å². The lowest BCUT2D eigenvalue weighted by Gasteiger charge is -2.54. The van der Waals surface area contributed by atoms with Gasteiger partial charge in [0.1, 0.15) is 5.82 Å². The van der Waals surface area contributed by atoms with Crippen LogP contribution >= 0.6 is 0 Å². The summed E-state index contributed by atoms with van der Waals surface area (Å²) in [7, 11) is 0. The zero-order valence-electron chi connectivity index (χ0n) is 16.1. The summed E-state index contributed by atoms with van der Waals surface area (Å²) in [6.07, 6.45) is -0.396. The molecule has 1 saturated carbocycles. The first-order valence-electron chi connectivity index (χ1n) is 9.23. The Kier molecular flexibility index (Phi) is 4.62. The van der Waals surface area contributed by atoms with E-state index in [-0.39, 0.29) is 16.5 Å². The maximum absolute atomic E-state index is 13.1. The minimum atomic E-state index is -4.34. The molecule has 1 aliphatic carbocycles. The maximum Gasteiger partial charge on any atom is 0.416 e. The van der Waals surface area contributed by atoms with E-state index in [2.05, 4.69) is 43.0 Å². The van der Waals surface area contributed by atoms with Crippen LogP contribution in [0.4, 0.5) is 13.2 Å². The average molecular weight is 367 g/mol. The zero-order valence-corrected chi connectivity index (χ0v) is 16.1. The summed E-state index contributed by atoms with van der Waals surface area (Å²) in [6.45, 7) is 10.3. The van der Waals surface area contributed by atoms with E-state index in [1.807, 2.05) is 0 Å². The van der Waals surface area contributed by atoms with Crippen LogP contribution in [-0.4, -0.2) is 21.5 Å². The van der Waals surface area contributed by atoms with Crippen molar-refractivity contribution in [3.05, 3.63) is 29.1 Å². The van der Waals surface area contributed by atoms with Gasteiger partial charge in [0.05, 0.1) is 16.6 Å². The van der Waals surface area contributed by atoms with Crippen molar-refractivity contribution in [1.29, 1.82) is 0 Å². The van der Waals surface area contributed by atoms with Crippen molar-refractivity contribution in [3.8, 4) is 0 Å². The molecular weight excluding hydrogens is 339 g/mol. The number of aryl methyl sites for hydroxylation is 2. The van der Waals surface area contributed by atoms with Gasteiger partial charge in [-0.2, -0.15) is 13.2 Å². The summed E-state index contributed by atoms with van der Waals surface area (Å²) in [5, 5.41) is 3.63. The normalized spacial score (nSPS) is 26.5. The number of aromatic amines is 1. The van der Waals surface area contributed by atoms with Gasteiger partial charge in [0.2, 0.25) is 0 Å². The Morgan fingerprint density at radius 3 is 2.46 bits per heavy atom. The Balaban J connectivity index is 1.69. The Morgan fingerprint density at radius 1 is 1.23 bits per heavy atom. The van der Waals surface area contributed by atoms with E-state index in [1.165, 1.54) is 6.92 Å². The molecule has 3 rings (SSSR count). The molecule has 1 aromatic carbocycles. The van der Waals surface area contributed by atoms with Crippen LogP contribution in [-0.2, 0) is 12.6 Å². The highest BCUT2D eigenvalue weighted by atomic mass is 19.4. The number of fused-ring (bicyclic) bond motifs is 1. The summed E-state index contributed by atoms with van der Waals surface area (Å²) in [4.78, 5) is 7.60. The summed E-state index contributed by atoms with van der Waals surface area (Å²) in [6, 6.07) is 3.16. The summed E-state index contributed by atoms with van der Waals surface area (Å²) < 4.78 is 39.2. The second-order valence-electron chi connectivity index (χ2n) is 8.89. The van der Waals surface area contributed by atoms with Crippen LogP contribution in [0.1, 0.15) is 63.9 Å². The van der Waals surface area contributed by atoms with Crippen LogP contribution in [0.25, 0.3) is 11.0 Å². The molecule has 6 heteroatoms. The Morgan fingerprint density at radius 2 is 1.88 bits per heavy atom. The third-order valence-corrected chi connectivity index (χ3v) is 5.42. The minimum absolute atomic E-state index is 0.190. The van der Waals surface area contributed by atoms with Gasteiger partial charge >= 0.3 is 6.18 Å². The SMILES string of the molecule is Cc1cc2[nH]c(CCC3(C)CC(C)(NC(C)C)C3)nc2cc1C(F)(F)F. The van der Waals surface area contributed by atoms with E-state index in [4.69, 9.17) is 0 Å². The van der Waals surface area contributed by atoms with Gasteiger partial charge in [-0.25, -0.2) is 4.98 Å². The van der Waals surface area contributed by atoms with E-state index in [0.29, 0.717) is 17.1 Å². The highest BCUT2D eigenvalue weighted by Gasteiger charge is 2.48. The van der Waals surface area contributed by atoms with Crippen LogP contribution in [0.3, 0.4) is 0 Å². The van der Waals surface area contributed by atoms with Crippen LogP contribution in [0.15, 0.2) is 12.1 Å². The standard InChI is InChI=1S/C20H28F3N3/c1-12(2)26-19(5)10-18(4,11-19)7-6-17-24-15-8-13(3)14(20(21,22)23)9-16(15)25-17/h8-9,12,26H,6-7,10-11H2,1-5H3,(H,24,25). The van der Waals surface area contributed by atoms with E-state index < -0.39 is 11.7 Å². The number of hydrogen-bond donors (Lipinski definition) is 2. The lowest BCUT2D eigenvalue weighted by atomic mass is 9.57. The van der Waals surface area contributed by atoms with Crippen molar-refractivity contribution in [2.24, 2.45) is 5.41 Å². The molecule has 0 radical (unpaired) electrons. The topological polar surface area (TPSA) is 40.7 Å². The highest BCUT2D eigenvalue weighted by Crippen LogP contribution is 2.51. The number of nitrogens with zero attached hydrogens (tertiary/aromatic N) is 1. The molecule has 26 heavy (non-hydrogen) atoms. The Hall–Kier alpha value is -1.56. The molecular formula is C20H28F3N3. The monoisotopic (exact) mass is 367 g/mol. The van der Waals surface area contributed by atoms with Gasteiger partial charge in [0.25, 0.3) is 0 Å². The highest BCUT2D eigenvalue weighted by molar-refractivity contribution is 5.77. The molecule has 0 unspecified atom stereocenters. The molecule has 2 N–H and O–H groups in total. The van der Waals surface area contributed by atoms with E-state index in [1.54, 1.807) is 6.07 Å². The van der Waals surface area contributed by atoms with Gasteiger partial charge in [0.15, 0.2) is 0 Å². The van der Waals surface area contributed by atoms with Gasteiger partial charge in [0, 0.05) is 18.0 Å². The van der Waals surface area contributed by atoms with Crippen molar-refractivity contribution in [1.82, 2.24) is 15.3 Å². The van der Waals surface area contributed by atoms with E-state index in [9.17, 15) is 13.2 Å². The van der Waals surface area contributed by atoms with Crippen molar-refractivity contribution < 1.29 is 13.2 Å². The molecule has 1 aromatic heterocycles. The predicted octanol–water partition coefficient (Wildman–Crippen LogP) is 5.38.